The van der Waals surface area contributed by atoms with Crippen LogP contribution in [-0.2, 0) is 33.3 Å². The predicted molar refractivity (Wildman–Crippen MR) is 297 cm³/mol. The number of carboxylic acids is 1. The molecule has 0 heterocycles. The monoisotopic (exact) mass is 1000 g/mol. The molecule has 0 aromatic carbocycles. The maximum absolute atomic E-state index is 12.9. The molecule has 0 fully saturated rings. The number of carboxylic acid groups (broad SMARTS) is 1. The molecular formula is C62H113NO8. The lowest BCUT2D eigenvalue weighted by molar-refractivity contribution is -0.870. The van der Waals surface area contributed by atoms with Gasteiger partial charge in [-0.3, -0.25) is 9.59 Å². The number of unbranched alkanes of at least 4 members (excludes halogenated alkanes) is 32. The summed E-state index contributed by atoms with van der Waals surface area (Å²) in [4.78, 5) is 37.3. The van der Waals surface area contributed by atoms with Gasteiger partial charge in [-0.1, -0.05) is 255 Å². The van der Waals surface area contributed by atoms with Crippen molar-refractivity contribution in [2.24, 2.45) is 0 Å². The van der Waals surface area contributed by atoms with Gasteiger partial charge < -0.3 is 33.3 Å². The average molecular weight is 1000 g/mol. The highest BCUT2D eigenvalue weighted by atomic mass is 16.7. The number of hydrogen-bond acceptors (Lipinski definition) is 8. The SMILES string of the molecule is CC/C=C\C/C=C\C/C=C\C/C=C\CCCCCCCCCCCCCCCCCCC(=O)OC(COC(=O)CCCCCCCCCCCCCCCCCCC)COC(OCC[N+](C)(C)C)C(=O)[O-]. The van der Waals surface area contributed by atoms with Crippen molar-refractivity contribution in [2.45, 2.75) is 283 Å². The lowest BCUT2D eigenvalue weighted by Crippen LogP contribution is -2.44. The molecule has 0 saturated carbocycles. The Morgan fingerprint density at radius 2 is 0.803 bits per heavy atom. The maximum Gasteiger partial charge on any atom is 0.306 e. The van der Waals surface area contributed by atoms with Crippen LogP contribution >= 0.6 is 0 Å². The van der Waals surface area contributed by atoms with Crippen LogP contribution in [0.2, 0.25) is 0 Å². The normalized spacial score (nSPS) is 13.1. The fraction of sp³-hybridized carbons (Fsp3) is 0.823. The molecule has 0 N–H and O–H groups in total. The van der Waals surface area contributed by atoms with E-state index in [0.717, 1.165) is 57.8 Å². The molecule has 9 nitrogen and oxygen atoms in total. The Labute approximate surface area is 438 Å². The summed E-state index contributed by atoms with van der Waals surface area (Å²) in [6, 6.07) is 0. The van der Waals surface area contributed by atoms with Gasteiger partial charge in [-0.05, 0) is 51.4 Å². The summed E-state index contributed by atoms with van der Waals surface area (Å²) in [5.74, 6) is -2.27. The molecule has 71 heavy (non-hydrogen) atoms. The van der Waals surface area contributed by atoms with Crippen LogP contribution in [0.15, 0.2) is 48.6 Å². The van der Waals surface area contributed by atoms with Crippen molar-refractivity contribution in [3.05, 3.63) is 48.6 Å². The highest BCUT2D eigenvalue weighted by molar-refractivity contribution is 5.70. The van der Waals surface area contributed by atoms with E-state index in [4.69, 9.17) is 18.9 Å². The Balaban J connectivity index is 4.15. The molecule has 0 amide bonds. The number of aliphatic carboxylic acids is 1. The number of hydrogen-bond donors (Lipinski definition) is 0. The van der Waals surface area contributed by atoms with E-state index in [9.17, 15) is 19.5 Å². The Hall–Kier alpha value is -2.75. The minimum atomic E-state index is -1.62. The molecule has 9 heteroatoms. The molecule has 0 aliphatic heterocycles. The molecule has 0 saturated heterocycles. The number of likely N-dealkylation sites (N-methyl/N-ethyl adjacent to an activating group) is 1. The topological polar surface area (TPSA) is 111 Å². The summed E-state index contributed by atoms with van der Waals surface area (Å²) < 4.78 is 22.7. The van der Waals surface area contributed by atoms with Crippen molar-refractivity contribution in [1.29, 1.82) is 0 Å². The molecule has 2 unspecified atom stereocenters. The van der Waals surface area contributed by atoms with Crippen molar-refractivity contribution >= 4 is 17.9 Å². The first-order valence-corrected chi connectivity index (χ1v) is 29.8. The number of nitrogens with zero attached hydrogens (tertiary/aromatic N) is 1. The summed E-state index contributed by atoms with van der Waals surface area (Å²) in [5, 5.41) is 11.8. The van der Waals surface area contributed by atoms with Gasteiger partial charge in [-0.25, -0.2) is 0 Å². The molecule has 0 spiro atoms. The van der Waals surface area contributed by atoms with Gasteiger partial charge in [-0.2, -0.15) is 0 Å². The van der Waals surface area contributed by atoms with Crippen molar-refractivity contribution in [3.63, 3.8) is 0 Å². The van der Waals surface area contributed by atoms with E-state index in [1.165, 1.54) is 180 Å². The summed E-state index contributed by atoms with van der Waals surface area (Å²) in [6.07, 6.45) is 63.0. The maximum atomic E-state index is 12.9. The quantitative estimate of drug-likeness (QED) is 0.0195. The van der Waals surface area contributed by atoms with Crippen LogP contribution in [0.5, 0.6) is 0 Å². The predicted octanol–water partition coefficient (Wildman–Crippen LogP) is 16.1. The lowest BCUT2D eigenvalue weighted by Gasteiger charge is -2.26. The van der Waals surface area contributed by atoms with Gasteiger partial charge in [0, 0.05) is 12.8 Å². The van der Waals surface area contributed by atoms with Crippen LogP contribution in [-0.4, -0.2) is 82.3 Å². The van der Waals surface area contributed by atoms with Crippen LogP contribution in [0.4, 0.5) is 0 Å². The molecule has 0 aliphatic rings. The average Bonchev–Trinajstić information content (AvgIpc) is 3.34. The van der Waals surface area contributed by atoms with E-state index in [0.29, 0.717) is 23.9 Å². The van der Waals surface area contributed by atoms with E-state index in [-0.39, 0.29) is 32.2 Å². The zero-order valence-electron chi connectivity index (χ0n) is 47.1. The molecule has 0 radical (unpaired) electrons. The zero-order valence-corrected chi connectivity index (χ0v) is 47.1. The largest absolute Gasteiger partial charge is 0.545 e. The van der Waals surface area contributed by atoms with Gasteiger partial charge in [-0.15, -0.1) is 0 Å². The first kappa shape index (κ1) is 68.2. The van der Waals surface area contributed by atoms with Crippen LogP contribution < -0.4 is 5.11 Å². The summed E-state index contributed by atoms with van der Waals surface area (Å²) in [5.41, 5.74) is 0. The Bertz CT molecular complexity index is 1300. The third kappa shape index (κ3) is 54.9. The van der Waals surface area contributed by atoms with Gasteiger partial charge in [0.05, 0.1) is 40.3 Å². The number of carbonyl (C=O) groups is 3. The van der Waals surface area contributed by atoms with E-state index < -0.39 is 24.3 Å². The fourth-order valence-corrected chi connectivity index (χ4v) is 8.53. The van der Waals surface area contributed by atoms with Crippen molar-refractivity contribution < 1.29 is 42.9 Å². The second-order valence-corrected chi connectivity index (χ2v) is 21.3. The van der Waals surface area contributed by atoms with Crippen molar-refractivity contribution in [3.8, 4) is 0 Å². The molecule has 0 aromatic heterocycles. The fourth-order valence-electron chi connectivity index (χ4n) is 8.53. The molecular weight excluding hydrogens is 887 g/mol. The van der Waals surface area contributed by atoms with Gasteiger partial charge >= 0.3 is 11.9 Å². The number of esters is 2. The standard InChI is InChI=1S/C62H113NO8/c1-6-8-10-12-14-16-18-20-22-24-25-26-27-28-29-30-31-32-33-34-35-37-39-41-43-45-47-49-51-53-60(65)71-58(57-70-62(61(66)67)68-55-54-63(3,4)5)56-69-59(64)52-50-48-46-44-42-40-38-36-23-21-19-17-15-13-11-9-7-2/h8,10,14,16,20,22,25-26,58,62H,6-7,9,11-13,15,17-19,21,23-24,27-57H2,1-5H3/b10-8-,16-14-,22-20-,26-25-. The lowest BCUT2D eigenvalue weighted by atomic mass is 10.0. The van der Waals surface area contributed by atoms with Crippen molar-refractivity contribution in [2.75, 3.05) is 47.5 Å². The second-order valence-electron chi connectivity index (χ2n) is 21.3. The van der Waals surface area contributed by atoms with Crippen LogP contribution in [0.3, 0.4) is 0 Å². The smallest absolute Gasteiger partial charge is 0.306 e. The highest BCUT2D eigenvalue weighted by Gasteiger charge is 2.22. The molecule has 0 bridgehead atoms. The molecule has 0 aliphatic carbocycles. The van der Waals surface area contributed by atoms with Gasteiger partial charge in [0.2, 0.25) is 0 Å². The third-order valence-corrected chi connectivity index (χ3v) is 13.1. The first-order chi connectivity index (χ1) is 34.6. The summed E-state index contributed by atoms with van der Waals surface area (Å²) in [6.45, 7) is 4.68. The number of rotatable bonds is 55. The molecule has 0 rings (SSSR count). The number of ether oxygens (including phenoxy) is 4. The molecule has 0 aromatic rings. The summed E-state index contributed by atoms with van der Waals surface area (Å²) in [7, 11) is 5.93. The van der Waals surface area contributed by atoms with E-state index in [1.54, 1.807) is 0 Å². The molecule has 414 valence electrons. The minimum Gasteiger partial charge on any atom is -0.545 e. The van der Waals surface area contributed by atoms with Gasteiger partial charge in [0.25, 0.3) is 0 Å². The van der Waals surface area contributed by atoms with E-state index >= 15 is 0 Å². The zero-order chi connectivity index (χ0) is 52.0. The minimum absolute atomic E-state index is 0.149. The molecule has 2 atom stereocenters. The Morgan fingerprint density at radius 3 is 1.20 bits per heavy atom. The van der Waals surface area contributed by atoms with E-state index in [1.807, 2.05) is 21.1 Å². The van der Waals surface area contributed by atoms with Gasteiger partial charge in [0.1, 0.15) is 13.2 Å². The number of allylic oxidation sites excluding steroid dienone is 8. The number of carbonyl (C=O) groups excluding carboxylic acids is 3. The summed E-state index contributed by atoms with van der Waals surface area (Å²) >= 11 is 0. The van der Waals surface area contributed by atoms with Crippen LogP contribution in [0, 0.1) is 0 Å². The van der Waals surface area contributed by atoms with Crippen LogP contribution in [0.25, 0.3) is 0 Å². The van der Waals surface area contributed by atoms with Crippen molar-refractivity contribution in [1.82, 2.24) is 0 Å². The van der Waals surface area contributed by atoms with Gasteiger partial charge in [0.15, 0.2) is 12.4 Å². The first-order valence-electron chi connectivity index (χ1n) is 29.8. The third-order valence-electron chi connectivity index (χ3n) is 13.1. The van der Waals surface area contributed by atoms with Crippen LogP contribution in [0.1, 0.15) is 271 Å². The number of quaternary nitrogens is 1. The Morgan fingerprint density at radius 1 is 0.437 bits per heavy atom. The van der Waals surface area contributed by atoms with E-state index in [2.05, 4.69) is 62.5 Å². The Kier molecular flexibility index (Phi) is 51.5. The second kappa shape index (κ2) is 53.5. The highest BCUT2D eigenvalue weighted by Crippen LogP contribution is 2.17.